The first kappa shape index (κ1) is 24.8. The van der Waals surface area contributed by atoms with E-state index in [0.29, 0.717) is 30.1 Å². The van der Waals surface area contributed by atoms with Gasteiger partial charge in [-0.3, -0.25) is 14.4 Å². The number of likely N-dealkylation sites (tertiary alicyclic amines) is 1. The zero-order valence-electron chi connectivity index (χ0n) is 19.5. The van der Waals surface area contributed by atoms with Gasteiger partial charge in [0.2, 0.25) is 0 Å². The molecular weight excluding hydrogens is 442 g/mol. The number of carbonyl (C=O) groups is 3. The fourth-order valence-corrected chi connectivity index (χ4v) is 3.89. The van der Waals surface area contributed by atoms with Crippen LogP contribution in [-0.2, 0) is 19.1 Å². The van der Waals surface area contributed by atoms with Crippen LogP contribution in [0.4, 0.5) is 0 Å². The van der Waals surface area contributed by atoms with Crippen LogP contribution >= 0.6 is 0 Å². The average Bonchev–Trinajstić information content (AvgIpc) is 3.08. The Bertz CT molecular complexity index is 1120. The standard InChI is InChI=1S/C25H27NO8/c1-15(27)34-18-8-5-7-16(13-18)22-21(24(29)25(30)26(22)11-6-12-31-2)23(28)19-14-17(32-3)9-10-20(19)33-4/h5,7-10,13-14,22,28H,6,11-12H2,1-4H3/b23-21+. The van der Waals surface area contributed by atoms with Gasteiger partial charge in [0.15, 0.2) is 0 Å². The normalized spacial score (nSPS) is 17.1. The molecule has 0 spiro atoms. The van der Waals surface area contributed by atoms with Crippen molar-refractivity contribution < 1.29 is 38.4 Å². The number of carbonyl (C=O) groups excluding carboxylic acids is 3. The first-order chi connectivity index (χ1) is 16.3. The van der Waals surface area contributed by atoms with Crippen molar-refractivity contribution in [2.45, 2.75) is 19.4 Å². The Kier molecular flexibility index (Phi) is 7.91. The second kappa shape index (κ2) is 10.8. The smallest absolute Gasteiger partial charge is 0.308 e. The van der Waals surface area contributed by atoms with Crippen molar-refractivity contribution in [1.82, 2.24) is 4.90 Å². The summed E-state index contributed by atoms with van der Waals surface area (Å²) in [7, 11) is 4.45. The van der Waals surface area contributed by atoms with Crippen LogP contribution in [0, 0.1) is 0 Å². The van der Waals surface area contributed by atoms with E-state index in [-0.39, 0.29) is 23.4 Å². The van der Waals surface area contributed by atoms with Crippen LogP contribution in [0.5, 0.6) is 17.2 Å². The zero-order valence-corrected chi connectivity index (χ0v) is 19.5. The van der Waals surface area contributed by atoms with E-state index in [1.54, 1.807) is 43.5 Å². The van der Waals surface area contributed by atoms with Crippen molar-refractivity contribution in [1.29, 1.82) is 0 Å². The van der Waals surface area contributed by atoms with Gasteiger partial charge in [-0.05, 0) is 42.3 Å². The summed E-state index contributed by atoms with van der Waals surface area (Å²) >= 11 is 0. The van der Waals surface area contributed by atoms with Gasteiger partial charge < -0.3 is 29.0 Å². The number of methoxy groups -OCH3 is 3. The van der Waals surface area contributed by atoms with Gasteiger partial charge in [-0.15, -0.1) is 0 Å². The van der Waals surface area contributed by atoms with Crippen molar-refractivity contribution in [2.75, 3.05) is 34.5 Å². The van der Waals surface area contributed by atoms with E-state index in [9.17, 15) is 19.5 Å². The van der Waals surface area contributed by atoms with Crippen molar-refractivity contribution in [2.24, 2.45) is 0 Å². The molecule has 2 aromatic rings. The summed E-state index contributed by atoms with van der Waals surface area (Å²) in [5.74, 6) is -1.49. The molecule has 0 saturated carbocycles. The number of benzene rings is 2. The van der Waals surface area contributed by atoms with Gasteiger partial charge in [0, 0.05) is 27.2 Å². The van der Waals surface area contributed by atoms with Crippen molar-refractivity contribution >= 4 is 23.4 Å². The fraction of sp³-hybridized carbons (Fsp3) is 0.320. The topological polar surface area (TPSA) is 112 Å². The number of hydrogen-bond acceptors (Lipinski definition) is 8. The van der Waals surface area contributed by atoms with Crippen molar-refractivity contribution in [3.8, 4) is 17.2 Å². The molecule has 1 saturated heterocycles. The Labute approximate surface area is 197 Å². The fourth-order valence-electron chi connectivity index (χ4n) is 3.89. The van der Waals surface area contributed by atoms with Crippen molar-refractivity contribution in [3.63, 3.8) is 0 Å². The molecule has 1 aliphatic rings. The SMILES string of the molecule is COCCCN1C(=O)C(=O)/C(=C(/O)c2cc(OC)ccc2OC)C1c1cccc(OC(C)=O)c1. The molecule has 1 unspecified atom stereocenters. The number of aliphatic hydroxyl groups is 1. The lowest BCUT2D eigenvalue weighted by Gasteiger charge is -2.25. The quantitative estimate of drug-likeness (QED) is 0.149. The monoisotopic (exact) mass is 469 g/mol. The Hall–Kier alpha value is -3.85. The maximum absolute atomic E-state index is 13.2. The third kappa shape index (κ3) is 5.04. The van der Waals surface area contributed by atoms with Gasteiger partial charge in [-0.25, -0.2) is 0 Å². The van der Waals surface area contributed by atoms with Crippen LogP contribution in [0.2, 0.25) is 0 Å². The largest absolute Gasteiger partial charge is 0.507 e. The van der Waals surface area contributed by atoms with Crippen LogP contribution in [0.3, 0.4) is 0 Å². The van der Waals surface area contributed by atoms with Crippen LogP contribution in [0.15, 0.2) is 48.0 Å². The molecule has 1 fully saturated rings. The molecule has 1 atom stereocenters. The maximum Gasteiger partial charge on any atom is 0.308 e. The lowest BCUT2D eigenvalue weighted by Crippen LogP contribution is -2.31. The number of esters is 1. The van der Waals surface area contributed by atoms with E-state index in [1.807, 2.05) is 0 Å². The Morgan fingerprint density at radius 2 is 1.79 bits per heavy atom. The van der Waals surface area contributed by atoms with Crippen LogP contribution < -0.4 is 14.2 Å². The average molecular weight is 469 g/mol. The third-order valence-electron chi connectivity index (χ3n) is 5.38. The summed E-state index contributed by atoms with van der Waals surface area (Å²) in [6, 6.07) is 10.4. The molecular formula is C25H27NO8. The number of aliphatic hydroxyl groups excluding tert-OH is 1. The molecule has 1 N–H and O–H groups in total. The number of rotatable bonds is 9. The van der Waals surface area contributed by atoms with Gasteiger partial charge in [-0.2, -0.15) is 0 Å². The van der Waals surface area contributed by atoms with E-state index in [0.717, 1.165) is 0 Å². The van der Waals surface area contributed by atoms with E-state index >= 15 is 0 Å². The minimum absolute atomic E-state index is 0.103. The minimum atomic E-state index is -0.914. The lowest BCUT2D eigenvalue weighted by atomic mass is 9.94. The predicted octanol–water partition coefficient (Wildman–Crippen LogP) is 3.09. The van der Waals surface area contributed by atoms with Crippen molar-refractivity contribution in [3.05, 3.63) is 59.2 Å². The Morgan fingerprint density at radius 3 is 2.44 bits per heavy atom. The third-order valence-corrected chi connectivity index (χ3v) is 5.38. The summed E-state index contributed by atoms with van der Waals surface area (Å²) in [6.07, 6.45) is 0.478. The summed E-state index contributed by atoms with van der Waals surface area (Å²) in [6.45, 7) is 1.87. The number of ether oxygens (including phenoxy) is 4. The molecule has 1 heterocycles. The number of amides is 1. The van der Waals surface area contributed by atoms with Gasteiger partial charge in [0.05, 0.1) is 31.4 Å². The number of Topliss-reactive ketones (excluding diaryl/α,β-unsaturated/α-hetero) is 1. The van der Waals surface area contributed by atoms with Crippen LogP contribution in [-0.4, -0.2) is 62.1 Å². The second-order valence-corrected chi connectivity index (χ2v) is 7.57. The van der Waals surface area contributed by atoms with E-state index in [4.69, 9.17) is 18.9 Å². The molecule has 0 radical (unpaired) electrons. The van der Waals surface area contributed by atoms with Gasteiger partial charge in [0.1, 0.15) is 23.0 Å². The highest BCUT2D eigenvalue weighted by atomic mass is 16.5. The summed E-state index contributed by atoms with van der Waals surface area (Å²) < 4.78 is 20.9. The highest BCUT2D eigenvalue weighted by Gasteiger charge is 2.46. The molecule has 34 heavy (non-hydrogen) atoms. The first-order valence-corrected chi connectivity index (χ1v) is 10.6. The summed E-state index contributed by atoms with van der Waals surface area (Å²) in [5, 5.41) is 11.3. The molecule has 9 heteroatoms. The molecule has 1 amide bonds. The highest BCUT2D eigenvalue weighted by Crippen LogP contribution is 2.42. The van der Waals surface area contributed by atoms with Crippen LogP contribution in [0.1, 0.15) is 30.5 Å². The molecule has 9 nitrogen and oxygen atoms in total. The molecule has 180 valence electrons. The molecule has 2 aromatic carbocycles. The van der Waals surface area contributed by atoms with Crippen LogP contribution in [0.25, 0.3) is 5.76 Å². The molecule has 0 aromatic heterocycles. The molecule has 3 rings (SSSR count). The molecule has 0 aliphatic carbocycles. The predicted molar refractivity (Wildman–Crippen MR) is 123 cm³/mol. The number of hydrogen-bond donors (Lipinski definition) is 1. The summed E-state index contributed by atoms with van der Waals surface area (Å²) in [4.78, 5) is 39.0. The Morgan fingerprint density at radius 1 is 1.03 bits per heavy atom. The number of ketones is 1. The van der Waals surface area contributed by atoms with E-state index in [1.165, 1.54) is 32.1 Å². The minimum Gasteiger partial charge on any atom is -0.507 e. The van der Waals surface area contributed by atoms with Gasteiger partial charge >= 0.3 is 5.97 Å². The van der Waals surface area contributed by atoms with Gasteiger partial charge in [-0.1, -0.05) is 12.1 Å². The number of nitrogens with zero attached hydrogens (tertiary/aromatic N) is 1. The lowest BCUT2D eigenvalue weighted by molar-refractivity contribution is -0.140. The highest BCUT2D eigenvalue weighted by molar-refractivity contribution is 6.46. The second-order valence-electron chi connectivity index (χ2n) is 7.57. The Balaban J connectivity index is 2.20. The molecule has 0 bridgehead atoms. The zero-order chi connectivity index (χ0) is 24.8. The van der Waals surface area contributed by atoms with Gasteiger partial charge in [0.25, 0.3) is 11.7 Å². The summed E-state index contributed by atoms with van der Waals surface area (Å²) in [5.41, 5.74) is 0.602. The van der Waals surface area contributed by atoms with E-state index in [2.05, 4.69) is 0 Å². The molecule has 1 aliphatic heterocycles. The first-order valence-electron chi connectivity index (χ1n) is 10.6. The van der Waals surface area contributed by atoms with E-state index < -0.39 is 29.5 Å². The maximum atomic E-state index is 13.2.